The largest absolute Gasteiger partial charge is 0.316 e. The lowest BCUT2D eigenvalue weighted by molar-refractivity contribution is 0.0387. The molecule has 1 saturated carbocycles. The lowest BCUT2D eigenvalue weighted by atomic mass is 9.73. The number of rotatable bonds is 6. The van der Waals surface area contributed by atoms with Crippen molar-refractivity contribution in [3.63, 3.8) is 0 Å². The third-order valence-corrected chi connectivity index (χ3v) is 5.48. The summed E-state index contributed by atoms with van der Waals surface area (Å²) in [6, 6.07) is 0.730. The van der Waals surface area contributed by atoms with Crippen LogP contribution in [0.4, 0.5) is 0 Å². The van der Waals surface area contributed by atoms with E-state index in [4.69, 9.17) is 0 Å². The minimum Gasteiger partial charge on any atom is -0.316 e. The quantitative estimate of drug-likeness (QED) is 0.807. The van der Waals surface area contributed by atoms with Crippen LogP contribution in [0.15, 0.2) is 0 Å². The zero-order valence-corrected chi connectivity index (χ0v) is 14.0. The van der Waals surface area contributed by atoms with Crippen LogP contribution in [0.5, 0.6) is 0 Å². The van der Waals surface area contributed by atoms with Gasteiger partial charge in [-0.05, 0) is 38.3 Å². The van der Waals surface area contributed by atoms with Gasteiger partial charge in [0.05, 0.1) is 0 Å². The van der Waals surface area contributed by atoms with E-state index < -0.39 is 0 Å². The third kappa shape index (κ3) is 4.19. The lowest BCUT2D eigenvalue weighted by Crippen LogP contribution is -2.55. The molecule has 1 atom stereocenters. The topological polar surface area (TPSA) is 18.5 Å². The number of hydrogen-bond acceptors (Lipinski definition) is 3. The number of nitrogens with one attached hydrogen (secondary N) is 1. The van der Waals surface area contributed by atoms with Crippen LogP contribution < -0.4 is 5.32 Å². The summed E-state index contributed by atoms with van der Waals surface area (Å²) in [5, 5.41) is 3.64. The first kappa shape index (κ1) is 16.3. The maximum Gasteiger partial charge on any atom is 0.0195 e. The summed E-state index contributed by atoms with van der Waals surface area (Å²) in [6.45, 7) is 15.6. The first-order chi connectivity index (χ1) is 9.69. The van der Waals surface area contributed by atoms with Crippen molar-refractivity contribution in [1.29, 1.82) is 0 Å². The molecule has 1 saturated heterocycles. The van der Waals surface area contributed by atoms with Crippen molar-refractivity contribution in [2.75, 3.05) is 45.8 Å². The van der Waals surface area contributed by atoms with Gasteiger partial charge in [0.1, 0.15) is 0 Å². The molecule has 1 aliphatic heterocycles. The summed E-state index contributed by atoms with van der Waals surface area (Å²) in [4.78, 5) is 5.37. The monoisotopic (exact) mass is 281 g/mol. The smallest absolute Gasteiger partial charge is 0.0195 e. The van der Waals surface area contributed by atoms with Crippen LogP contribution in [-0.4, -0.2) is 61.7 Å². The molecule has 3 heteroatoms. The van der Waals surface area contributed by atoms with Crippen molar-refractivity contribution in [3.8, 4) is 0 Å². The Morgan fingerprint density at radius 2 is 1.85 bits per heavy atom. The normalized spacial score (nSPS) is 28.6. The molecule has 118 valence electrons. The highest BCUT2D eigenvalue weighted by atomic mass is 15.3. The molecule has 0 aromatic carbocycles. The SMILES string of the molecule is CCNCC1(CN2CCN(CC)C(C)C2)CCCCC1. The number of nitrogens with zero attached hydrogens (tertiary/aromatic N) is 2. The molecule has 1 N–H and O–H groups in total. The van der Waals surface area contributed by atoms with E-state index in [0.29, 0.717) is 5.41 Å². The second-order valence-corrected chi connectivity index (χ2v) is 7.05. The van der Waals surface area contributed by atoms with Crippen molar-refractivity contribution < 1.29 is 0 Å². The van der Waals surface area contributed by atoms with Gasteiger partial charge in [0, 0.05) is 38.8 Å². The van der Waals surface area contributed by atoms with Crippen LogP contribution in [0.2, 0.25) is 0 Å². The molecule has 0 aromatic rings. The highest BCUT2D eigenvalue weighted by Gasteiger charge is 2.35. The van der Waals surface area contributed by atoms with E-state index in [-0.39, 0.29) is 0 Å². The van der Waals surface area contributed by atoms with Gasteiger partial charge < -0.3 is 5.32 Å². The fourth-order valence-corrected chi connectivity index (χ4v) is 4.24. The van der Waals surface area contributed by atoms with E-state index in [1.54, 1.807) is 0 Å². The van der Waals surface area contributed by atoms with E-state index in [9.17, 15) is 0 Å². The van der Waals surface area contributed by atoms with Crippen molar-refractivity contribution in [1.82, 2.24) is 15.1 Å². The standard InChI is InChI=1S/C17H35N3/c1-4-18-14-17(9-7-6-8-10-17)15-19-11-12-20(5-2)16(3)13-19/h16,18H,4-15H2,1-3H3. The summed E-state index contributed by atoms with van der Waals surface area (Å²) in [5.74, 6) is 0. The zero-order valence-electron chi connectivity index (χ0n) is 14.0. The van der Waals surface area contributed by atoms with Gasteiger partial charge in [-0.1, -0.05) is 33.1 Å². The second-order valence-electron chi connectivity index (χ2n) is 7.05. The van der Waals surface area contributed by atoms with Gasteiger partial charge in [-0.25, -0.2) is 0 Å². The summed E-state index contributed by atoms with van der Waals surface area (Å²) in [5.41, 5.74) is 0.558. The average Bonchev–Trinajstić information content (AvgIpc) is 2.46. The van der Waals surface area contributed by atoms with Crippen LogP contribution in [-0.2, 0) is 0 Å². The minimum absolute atomic E-state index is 0.558. The fraction of sp³-hybridized carbons (Fsp3) is 1.00. The van der Waals surface area contributed by atoms with Crippen molar-refractivity contribution >= 4 is 0 Å². The summed E-state index contributed by atoms with van der Waals surface area (Å²) >= 11 is 0. The predicted molar refractivity (Wildman–Crippen MR) is 87.2 cm³/mol. The summed E-state index contributed by atoms with van der Waals surface area (Å²) < 4.78 is 0. The van der Waals surface area contributed by atoms with E-state index in [2.05, 4.69) is 35.9 Å². The Morgan fingerprint density at radius 3 is 2.45 bits per heavy atom. The molecule has 0 spiro atoms. The Bertz CT molecular complexity index is 273. The molecule has 0 aromatic heterocycles. The van der Waals surface area contributed by atoms with Gasteiger partial charge in [-0.15, -0.1) is 0 Å². The zero-order chi connectivity index (χ0) is 14.4. The van der Waals surface area contributed by atoms with Gasteiger partial charge >= 0.3 is 0 Å². The Morgan fingerprint density at radius 1 is 1.10 bits per heavy atom. The van der Waals surface area contributed by atoms with Crippen LogP contribution >= 0.6 is 0 Å². The van der Waals surface area contributed by atoms with E-state index >= 15 is 0 Å². The first-order valence-electron chi connectivity index (χ1n) is 8.86. The van der Waals surface area contributed by atoms with Crippen LogP contribution in [0.1, 0.15) is 52.9 Å². The van der Waals surface area contributed by atoms with Gasteiger partial charge in [0.25, 0.3) is 0 Å². The molecule has 2 fully saturated rings. The van der Waals surface area contributed by atoms with Crippen molar-refractivity contribution in [2.24, 2.45) is 5.41 Å². The maximum atomic E-state index is 3.64. The molecular weight excluding hydrogens is 246 g/mol. The molecule has 3 nitrogen and oxygen atoms in total. The van der Waals surface area contributed by atoms with Gasteiger partial charge in [0.2, 0.25) is 0 Å². The highest BCUT2D eigenvalue weighted by Crippen LogP contribution is 2.37. The molecule has 0 amide bonds. The Hall–Kier alpha value is -0.120. The molecule has 2 aliphatic rings. The molecule has 1 aliphatic carbocycles. The van der Waals surface area contributed by atoms with E-state index in [1.165, 1.54) is 71.4 Å². The van der Waals surface area contributed by atoms with E-state index in [1.807, 2.05) is 0 Å². The molecule has 1 unspecified atom stereocenters. The second kappa shape index (κ2) is 7.77. The fourth-order valence-electron chi connectivity index (χ4n) is 4.24. The van der Waals surface area contributed by atoms with E-state index in [0.717, 1.165) is 12.6 Å². The van der Waals surface area contributed by atoms with Crippen molar-refractivity contribution in [3.05, 3.63) is 0 Å². The molecular formula is C17H35N3. The molecule has 1 heterocycles. The van der Waals surface area contributed by atoms with Crippen LogP contribution in [0.25, 0.3) is 0 Å². The third-order valence-electron chi connectivity index (χ3n) is 5.48. The summed E-state index contributed by atoms with van der Waals surface area (Å²) in [6.07, 6.45) is 7.20. The number of piperazine rings is 1. The predicted octanol–water partition coefficient (Wildman–Crippen LogP) is 2.57. The molecule has 20 heavy (non-hydrogen) atoms. The Labute approximate surface area is 126 Å². The molecule has 2 rings (SSSR count). The molecule has 0 bridgehead atoms. The Balaban J connectivity index is 1.90. The van der Waals surface area contributed by atoms with Gasteiger partial charge in [0.15, 0.2) is 0 Å². The highest BCUT2D eigenvalue weighted by molar-refractivity contribution is 4.90. The lowest BCUT2D eigenvalue weighted by Gasteiger charge is -2.46. The number of likely N-dealkylation sites (N-methyl/N-ethyl adjacent to an activating group) is 1. The van der Waals surface area contributed by atoms with Gasteiger partial charge in [-0.3, -0.25) is 9.80 Å². The summed E-state index contributed by atoms with van der Waals surface area (Å²) in [7, 11) is 0. The average molecular weight is 281 g/mol. The van der Waals surface area contributed by atoms with Crippen LogP contribution in [0.3, 0.4) is 0 Å². The van der Waals surface area contributed by atoms with Crippen LogP contribution in [0, 0.1) is 5.41 Å². The maximum absolute atomic E-state index is 3.64. The number of hydrogen-bond donors (Lipinski definition) is 1. The van der Waals surface area contributed by atoms with Gasteiger partial charge in [-0.2, -0.15) is 0 Å². The minimum atomic E-state index is 0.558. The first-order valence-corrected chi connectivity index (χ1v) is 8.86. The molecule has 0 radical (unpaired) electrons. The van der Waals surface area contributed by atoms with Crippen molar-refractivity contribution in [2.45, 2.75) is 58.9 Å². The Kier molecular flexibility index (Phi) is 6.31.